The van der Waals surface area contributed by atoms with Crippen LogP contribution in [0, 0.1) is 0 Å². The smallest absolute Gasteiger partial charge is 0.159 e. The first-order valence-electron chi connectivity index (χ1n) is 7.80. The van der Waals surface area contributed by atoms with Crippen molar-refractivity contribution in [1.82, 2.24) is 0 Å². The van der Waals surface area contributed by atoms with E-state index >= 15 is 0 Å². The zero-order chi connectivity index (χ0) is 16.5. The second-order valence-corrected chi connectivity index (χ2v) is 12.8. The maximum atomic E-state index is 4.47. The van der Waals surface area contributed by atoms with E-state index in [0.29, 0.717) is 6.04 Å². The highest BCUT2D eigenvalue weighted by Crippen LogP contribution is 2.69. The molecular weight excluding hydrogens is 273 g/mol. The van der Waals surface area contributed by atoms with Crippen LogP contribution in [0.15, 0.2) is 34.2 Å². The second-order valence-electron chi connectivity index (χ2n) is 8.08. The predicted molar refractivity (Wildman–Crippen MR) is 103 cm³/mol. The van der Waals surface area contributed by atoms with E-state index < -0.39 is 9.88 Å². The lowest BCUT2D eigenvalue weighted by Gasteiger charge is -2.57. The Balaban J connectivity index is 3.24. The van der Waals surface area contributed by atoms with Gasteiger partial charge in [-0.05, 0) is 33.8 Å². The average molecular weight is 305 g/mol. The molecule has 0 unspecified atom stereocenters. The van der Waals surface area contributed by atoms with E-state index in [1.54, 1.807) is 0 Å². The van der Waals surface area contributed by atoms with Gasteiger partial charge < -0.3 is 0 Å². The Kier molecular flexibility index (Phi) is 5.42. The minimum atomic E-state index is -0.943. The molecule has 1 aromatic carbocycles. The molecule has 0 heterocycles. The van der Waals surface area contributed by atoms with Crippen molar-refractivity contribution in [2.45, 2.75) is 75.8 Å². The summed E-state index contributed by atoms with van der Waals surface area (Å²) in [5, 5.41) is 0. The maximum Gasteiger partial charge on any atom is 0.159 e. The van der Waals surface area contributed by atoms with E-state index in [1.165, 1.54) is 10.5 Å². The number of benzene rings is 1. The molecule has 0 aliphatic rings. The van der Waals surface area contributed by atoms with Crippen LogP contribution in [0.25, 0.3) is 0 Å². The third-order valence-electron chi connectivity index (χ3n) is 4.32. The molecular formula is C18H32BNS. The monoisotopic (exact) mass is 305 g/mol. The molecule has 0 saturated carbocycles. The fraction of sp³-hybridized carbons (Fsp3) is 0.611. The summed E-state index contributed by atoms with van der Waals surface area (Å²) >= 11 is 0. The van der Waals surface area contributed by atoms with Gasteiger partial charge in [0.05, 0.1) is 0 Å². The summed E-state index contributed by atoms with van der Waals surface area (Å²) in [4.78, 5) is 5.96. The van der Waals surface area contributed by atoms with E-state index in [-0.39, 0.29) is 9.49 Å². The molecule has 1 nitrogen and oxygen atoms in total. The fourth-order valence-corrected chi connectivity index (χ4v) is 6.62. The Bertz CT molecular complexity index is 475. The van der Waals surface area contributed by atoms with Crippen molar-refractivity contribution < 1.29 is 0 Å². The molecule has 0 spiro atoms. The van der Waals surface area contributed by atoms with Gasteiger partial charge in [-0.2, -0.15) is 0 Å². The first-order chi connectivity index (χ1) is 9.39. The van der Waals surface area contributed by atoms with Gasteiger partial charge in [0, 0.05) is 12.3 Å². The molecule has 0 saturated heterocycles. The van der Waals surface area contributed by atoms with Crippen molar-refractivity contribution >= 4 is 23.2 Å². The summed E-state index contributed by atoms with van der Waals surface area (Å²) in [6.45, 7) is 18.5. The number of hydrogen-bond acceptors (Lipinski definition) is 1. The summed E-state index contributed by atoms with van der Waals surface area (Å²) in [7, 11) is 1.53. The van der Waals surface area contributed by atoms with Crippen molar-refractivity contribution in [1.29, 1.82) is 0 Å². The standard InChI is InChI=1S/C18H32BNS/c1-14(2)20-13-15-9-11-16(12-10-15)21(19,17(3,4)5)18(6,7)8/h9-14H,19H2,1-8H3/b20-13+. The summed E-state index contributed by atoms with van der Waals surface area (Å²) in [6, 6.07) is 9.40. The SMILES string of the molecule is BS(c1ccc(/C=N/C(C)C)cc1)(C(C)(C)C)C(C)(C)C. The van der Waals surface area contributed by atoms with E-state index in [0.717, 1.165) is 0 Å². The van der Waals surface area contributed by atoms with Gasteiger partial charge in [0.25, 0.3) is 0 Å². The van der Waals surface area contributed by atoms with Crippen LogP contribution >= 0.6 is 9.88 Å². The first kappa shape index (κ1) is 18.4. The topological polar surface area (TPSA) is 12.4 Å². The van der Waals surface area contributed by atoms with Crippen LogP contribution in [0.5, 0.6) is 0 Å². The Morgan fingerprint density at radius 2 is 1.38 bits per heavy atom. The molecule has 0 aromatic heterocycles. The van der Waals surface area contributed by atoms with Crippen molar-refractivity contribution in [2.24, 2.45) is 4.99 Å². The van der Waals surface area contributed by atoms with Gasteiger partial charge >= 0.3 is 0 Å². The van der Waals surface area contributed by atoms with Gasteiger partial charge in [-0.25, -0.2) is 9.88 Å². The van der Waals surface area contributed by atoms with E-state index in [4.69, 9.17) is 0 Å². The summed E-state index contributed by atoms with van der Waals surface area (Å²) in [5.41, 5.74) is 1.19. The van der Waals surface area contributed by atoms with Gasteiger partial charge in [0.15, 0.2) is 7.12 Å². The molecule has 0 bridgehead atoms. The number of rotatable bonds is 3. The minimum absolute atomic E-state index is 0.277. The zero-order valence-corrected chi connectivity index (χ0v) is 16.1. The van der Waals surface area contributed by atoms with E-state index in [2.05, 4.69) is 91.8 Å². The molecule has 1 rings (SSSR count). The highest BCUT2D eigenvalue weighted by molar-refractivity contribution is 8.51. The number of hydrogen-bond donors (Lipinski definition) is 0. The molecule has 118 valence electrons. The molecule has 0 atom stereocenters. The quantitative estimate of drug-likeness (QED) is 0.560. The molecule has 0 radical (unpaired) electrons. The summed E-state index contributed by atoms with van der Waals surface area (Å²) in [5.74, 6) is 0. The normalized spacial score (nSPS) is 14.9. The molecule has 1 aromatic rings. The molecule has 21 heavy (non-hydrogen) atoms. The lowest BCUT2D eigenvalue weighted by atomic mass is 10.2. The first-order valence-corrected chi connectivity index (χ1v) is 9.84. The maximum absolute atomic E-state index is 4.47. The average Bonchev–Trinajstić information content (AvgIpc) is 2.33. The van der Waals surface area contributed by atoms with Crippen molar-refractivity contribution in [3.05, 3.63) is 29.8 Å². The Morgan fingerprint density at radius 1 is 0.952 bits per heavy atom. The van der Waals surface area contributed by atoms with Crippen LogP contribution in [0.3, 0.4) is 0 Å². The number of nitrogens with zero attached hydrogens (tertiary/aromatic N) is 1. The Labute approximate surface area is 134 Å². The predicted octanol–water partition coefficient (Wildman–Crippen LogP) is 4.82. The van der Waals surface area contributed by atoms with Crippen LogP contribution in [0.2, 0.25) is 0 Å². The van der Waals surface area contributed by atoms with E-state index in [1.807, 2.05) is 6.21 Å². The summed E-state index contributed by atoms with van der Waals surface area (Å²) < 4.78 is 0.553. The van der Waals surface area contributed by atoms with Crippen LogP contribution in [-0.4, -0.2) is 28.9 Å². The number of aliphatic imine (C=N–C) groups is 1. The Morgan fingerprint density at radius 3 is 1.71 bits per heavy atom. The van der Waals surface area contributed by atoms with Crippen LogP contribution in [0.4, 0.5) is 0 Å². The zero-order valence-electron chi connectivity index (χ0n) is 15.3. The van der Waals surface area contributed by atoms with Gasteiger partial charge in [0.1, 0.15) is 0 Å². The van der Waals surface area contributed by atoms with Gasteiger partial charge in [-0.15, -0.1) is 0 Å². The molecule has 0 N–H and O–H groups in total. The van der Waals surface area contributed by atoms with Crippen LogP contribution in [-0.2, 0) is 0 Å². The molecule has 3 heteroatoms. The lowest BCUT2D eigenvalue weighted by molar-refractivity contribution is 0.718. The highest BCUT2D eigenvalue weighted by Gasteiger charge is 2.42. The Hall–Kier alpha value is -0.695. The largest absolute Gasteiger partial charge is 0.290 e. The van der Waals surface area contributed by atoms with Crippen molar-refractivity contribution in [3.63, 3.8) is 0 Å². The molecule has 0 aliphatic heterocycles. The van der Waals surface area contributed by atoms with Crippen LogP contribution in [0.1, 0.15) is 61.0 Å². The van der Waals surface area contributed by atoms with Gasteiger partial charge in [-0.1, -0.05) is 65.8 Å². The molecule has 0 fully saturated rings. The molecule has 0 aliphatic carbocycles. The van der Waals surface area contributed by atoms with E-state index in [9.17, 15) is 0 Å². The minimum Gasteiger partial charge on any atom is -0.290 e. The third-order valence-corrected chi connectivity index (χ3v) is 10.4. The van der Waals surface area contributed by atoms with Crippen molar-refractivity contribution in [2.75, 3.05) is 0 Å². The third kappa shape index (κ3) is 3.94. The second kappa shape index (κ2) is 6.20. The fourth-order valence-electron chi connectivity index (χ4n) is 2.69. The van der Waals surface area contributed by atoms with Gasteiger partial charge in [0.2, 0.25) is 0 Å². The van der Waals surface area contributed by atoms with Gasteiger partial charge in [-0.3, -0.25) is 4.99 Å². The highest BCUT2D eigenvalue weighted by atomic mass is 32.3. The molecule has 0 amide bonds. The van der Waals surface area contributed by atoms with Crippen molar-refractivity contribution in [3.8, 4) is 0 Å². The lowest BCUT2D eigenvalue weighted by Crippen LogP contribution is -2.38. The summed E-state index contributed by atoms with van der Waals surface area (Å²) in [6.07, 6.45) is 1.98. The van der Waals surface area contributed by atoms with Crippen LogP contribution < -0.4 is 0 Å².